The average molecular weight is 479 g/mol. The summed E-state index contributed by atoms with van der Waals surface area (Å²) in [4.78, 5) is 33.1. The molecule has 2 saturated heterocycles. The number of halogens is 2. The summed E-state index contributed by atoms with van der Waals surface area (Å²) in [5, 5.41) is 10.5. The van der Waals surface area contributed by atoms with Crippen LogP contribution in [0, 0.1) is 35.8 Å². The number of anilines is 1. The predicted molar refractivity (Wildman–Crippen MR) is 120 cm³/mol. The van der Waals surface area contributed by atoms with Crippen LogP contribution in [0.4, 0.5) is 14.6 Å². The minimum atomic E-state index is -0.541. The number of carbonyl (C=O) groups excluding carboxylic acids is 1. The molecule has 4 heterocycles. The van der Waals surface area contributed by atoms with Crippen LogP contribution >= 0.6 is 0 Å². The molecule has 0 saturated carbocycles. The number of benzene rings is 1. The van der Waals surface area contributed by atoms with Crippen LogP contribution in [-0.4, -0.2) is 50.2 Å². The van der Waals surface area contributed by atoms with Gasteiger partial charge in [0.05, 0.1) is 24.3 Å². The Labute approximate surface area is 200 Å². The summed E-state index contributed by atoms with van der Waals surface area (Å²) in [6, 6.07) is 5.57. The lowest BCUT2D eigenvalue weighted by Crippen LogP contribution is -2.42. The van der Waals surface area contributed by atoms with Crippen LogP contribution in [0.5, 0.6) is 0 Å². The van der Waals surface area contributed by atoms with E-state index < -0.39 is 17.7 Å². The van der Waals surface area contributed by atoms with Crippen molar-refractivity contribution in [2.45, 2.75) is 32.2 Å². The largest absolute Gasteiger partial charge is 0.354 e. The number of nitriles is 1. The molecule has 1 amide bonds. The zero-order valence-corrected chi connectivity index (χ0v) is 19.1. The maximum atomic E-state index is 15.3. The van der Waals surface area contributed by atoms with Gasteiger partial charge in [0.15, 0.2) is 11.6 Å². The summed E-state index contributed by atoms with van der Waals surface area (Å²) in [6.07, 6.45) is 6.03. The van der Waals surface area contributed by atoms with Gasteiger partial charge in [0.25, 0.3) is 0 Å². The van der Waals surface area contributed by atoms with E-state index >= 15 is 4.39 Å². The van der Waals surface area contributed by atoms with Gasteiger partial charge >= 0.3 is 0 Å². The highest BCUT2D eigenvalue weighted by Gasteiger charge is 2.38. The number of aryl methyl sites for hydroxylation is 1. The standard InChI is InChI=1S/C24H23F2N7O2/c1-15-28-5-8-32(15)23-21(26)22(29-14-30-23)31-6-2-17(3-7-31)24(34)33-20(4-9-35-33)18-10-16(13-27)11-19(25)12-18/h5,8,10-12,14,17,20H,2-4,6-7,9H2,1H3. The average Bonchev–Trinajstić information content (AvgIpc) is 3.53. The van der Waals surface area contributed by atoms with Crippen molar-refractivity contribution in [1.29, 1.82) is 5.26 Å². The van der Waals surface area contributed by atoms with E-state index in [0.717, 1.165) is 6.07 Å². The molecule has 2 aliphatic heterocycles. The SMILES string of the molecule is Cc1nccn1-c1ncnc(N2CCC(C(=O)N3OCCC3c3cc(F)cc(C#N)c3)CC2)c1F. The van der Waals surface area contributed by atoms with E-state index in [9.17, 15) is 9.18 Å². The Bertz CT molecular complexity index is 1300. The molecule has 0 aliphatic carbocycles. The van der Waals surface area contributed by atoms with Gasteiger partial charge in [0.1, 0.15) is 18.0 Å². The molecule has 11 heteroatoms. The Morgan fingerprint density at radius 1 is 1.11 bits per heavy atom. The van der Waals surface area contributed by atoms with Crippen molar-refractivity contribution in [1.82, 2.24) is 24.6 Å². The number of nitrogens with zero attached hydrogens (tertiary/aromatic N) is 7. The van der Waals surface area contributed by atoms with E-state index in [4.69, 9.17) is 10.1 Å². The van der Waals surface area contributed by atoms with E-state index in [0.29, 0.717) is 50.3 Å². The third-order valence-corrected chi connectivity index (χ3v) is 6.51. The van der Waals surface area contributed by atoms with Crippen molar-refractivity contribution in [3.05, 3.63) is 65.5 Å². The normalized spacial score (nSPS) is 18.6. The van der Waals surface area contributed by atoms with Crippen molar-refractivity contribution in [2.24, 2.45) is 5.92 Å². The molecule has 3 aromatic rings. The molecule has 2 fully saturated rings. The van der Waals surface area contributed by atoms with Crippen LogP contribution in [0.3, 0.4) is 0 Å². The molecule has 9 nitrogen and oxygen atoms in total. The van der Waals surface area contributed by atoms with Gasteiger partial charge in [-0.05, 0) is 43.5 Å². The zero-order chi connectivity index (χ0) is 24.5. The number of piperidine rings is 1. The van der Waals surface area contributed by atoms with Crippen molar-refractivity contribution in [3.63, 3.8) is 0 Å². The summed E-state index contributed by atoms with van der Waals surface area (Å²) < 4.78 is 30.8. The lowest BCUT2D eigenvalue weighted by molar-refractivity contribution is -0.182. The fourth-order valence-corrected chi connectivity index (χ4v) is 4.72. The topological polar surface area (TPSA) is 100 Å². The van der Waals surface area contributed by atoms with Gasteiger partial charge in [-0.2, -0.15) is 9.65 Å². The van der Waals surface area contributed by atoms with Crippen LogP contribution in [0.15, 0.2) is 36.9 Å². The lowest BCUT2D eigenvalue weighted by atomic mass is 9.94. The minimum Gasteiger partial charge on any atom is -0.354 e. The van der Waals surface area contributed by atoms with Gasteiger partial charge in [0.2, 0.25) is 11.7 Å². The third-order valence-electron chi connectivity index (χ3n) is 6.51. The van der Waals surface area contributed by atoms with E-state index in [1.807, 2.05) is 11.0 Å². The number of amides is 1. The van der Waals surface area contributed by atoms with Crippen molar-refractivity contribution >= 4 is 11.7 Å². The molecule has 1 atom stereocenters. The van der Waals surface area contributed by atoms with Gasteiger partial charge in [-0.3, -0.25) is 14.2 Å². The van der Waals surface area contributed by atoms with Crippen molar-refractivity contribution in [2.75, 3.05) is 24.6 Å². The van der Waals surface area contributed by atoms with Gasteiger partial charge in [-0.1, -0.05) is 0 Å². The minimum absolute atomic E-state index is 0.128. The molecule has 2 aromatic heterocycles. The molecular weight excluding hydrogens is 456 g/mol. The zero-order valence-electron chi connectivity index (χ0n) is 19.1. The van der Waals surface area contributed by atoms with Crippen LogP contribution in [0.1, 0.15) is 42.3 Å². The Kier molecular flexibility index (Phi) is 6.13. The Hall–Kier alpha value is -3.91. The van der Waals surface area contributed by atoms with Crippen LogP contribution in [-0.2, 0) is 9.63 Å². The molecule has 35 heavy (non-hydrogen) atoms. The molecule has 180 valence electrons. The number of aromatic nitrogens is 4. The highest BCUT2D eigenvalue weighted by molar-refractivity contribution is 5.79. The smallest absolute Gasteiger partial charge is 0.249 e. The molecule has 0 bridgehead atoms. The number of carbonyl (C=O) groups is 1. The van der Waals surface area contributed by atoms with E-state index in [2.05, 4.69) is 15.0 Å². The quantitative estimate of drug-likeness (QED) is 0.566. The van der Waals surface area contributed by atoms with Gasteiger partial charge in [-0.25, -0.2) is 24.4 Å². The lowest BCUT2D eigenvalue weighted by Gasteiger charge is -2.34. The molecule has 0 radical (unpaired) electrons. The van der Waals surface area contributed by atoms with Crippen LogP contribution in [0.2, 0.25) is 0 Å². The molecular formula is C24H23F2N7O2. The van der Waals surface area contributed by atoms with Crippen LogP contribution in [0.25, 0.3) is 5.82 Å². The second kappa shape index (κ2) is 9.38. The highest BCUT2D eigenvalue weighted by atomic mass is 19.1. The summed E-state index contributed by atoms with van der Waals surface area (Å²) in [6.45, 7) is 2.96. The molecule has 0 spiro atoms. The predicted octanol–water partition coefficient (Wildman–Crippen LogP) is 3.24. The second-order valence-electron chi connectivity index (χ2n) is 8.63. The number of rotatable bonds is 4. The molecule has 5 rings (SSSR count). The Balaban J connectivity index is 1.29. The fraction of sp³-hybridized carbons (Fsp3) is 0.375. The van der Waals surface area contributed by atoms with E-state index in [1.165, 1.54) is 17.5 Å². The first kappa shape index (κ1) is 22.9. The monoisotopic (exact) mass is 479 g/mol. The molecule has 2 aliphatic rings. The fourth-order valence-electron chi connectivity index (χ4n) is 4.72. The van der Waals surface area contributed by atoms with Crippen LogP contribution < -0.4 is 4.90 Å². The number of hydrogen-bond donors (Lipinski definition) is 0. The summed E-state index contributed by atoms with van der Waals surface area (Å²) in [7, 11) is 0. The van der Waals surface area contributed by atoms with Crippen molar-refractivity contribution in [3.8, 4) is 11.9 Å². The maximum absolute atomic E-state index is 15.3. The number of imidazole rings is 1. The van der Waals surface area contributed by atoms with E-state index in [1.54, 1.807) is 30.0 Å². The summed E-state index contributed by atoms with van der Waals surface area (Å²) in [5.41, 5.74) is 0.736. The first-order valence-corrected chi connectivity index (χ1v) is 11.4. The van der Waals surface area contributed by atoms with Gasteiger partial charge in [0, 0.05) is 37.8 Å². The molecule has 1 unspecified atom stereocenters. The number of hydrogen-bond acceptors (Lipinski definition) is 7. The number of hydroxylamine groups is 2. The first-order chi connectivity index (χ1) is 17.0. The Morgan fingerprint density at radius 3 is 2.60 bits per heavy atom. The van der Waals surface area contributed by atoms with E-state index in [-0.39, 0.29) is 29.0 Å². The van der Waals surface area contributed by atoms with Crippen molar-refractivity contribution < 1.29 is 18.4 Å². The third kappa shape index (κ3) is 4.33. The first-order valence-electron chi connectivity index (χ1n) is 11.4. The summed E-state index contributed by atoms with van der Waals surface area (Å²) in [5.74, 6) is -0.650. The molecule has 1 aromatic carbocycles. The van der Waals surface area contributed by atoms with Gasteiger partial charge in [-0.15, -0.1) is 0 Å². The Morgan fingerprint density at radius 2 is 1.89 bits per heavy atom. The van der Waals surface area contributed by atoms with Gasteiger partial charge < -0.3 is 4.90 Å². The summed E-state index contributed by atoms with van der Waals surface area (Å²) >= 11 is 0. The molecule has 0 N–H and O–H groups in total. The highest BCUT2D eigenvalue weighted by Crippen LogP contribution is 2.35. The maximum Gasteiger partial charge on any atom is 0.249 e. The second-order valence-corrected chi connectivity index (χ2v) is 8.63.